The fourth-order valence-corrected chi connectivity index (χ4v) is 1.02. The fourth-order valence-electron chi connectivity index (χ4n) is 1.02. The van der Waals surface area contributed by atoms with Crippen molar-refractivity contribution in [1.29, 1.82) is 0 Å². The number of allylic oxidation sites excluding steroid dienone is 1. The molecule has 0 radical (unpaired) electrons. The van der Waals surface area contributed by atoms with Gasteiger partial charge in [0, 0.05) is 56.7 Å². The van der Waals surface area contributed by atoms with Crippen LogP contribution in [-0.2, 0) is 24.2 Å². The molecule has 0 spiro atoms. The van der Waals surface area contributed by atoms with Crippen molar-refractivity contribution in [3.63, 3.8) is 0 Å². The summed E-state index contributed by atoms with van der Waals surface area (Å²) in [5, 5.41) is 16.8. The molecular weight excluding hydrogens is 681 g/mol. The van der Waals surface area contributed by atoms with E-state index in [0.717, 1.165) is 25.3 Å². The number of nitrogens with zero attached hydrogens (tertiary/aromatic N) is 2. The molecule has 12 nitrogen and oxygen atoms in total. The zero-order chi connectivity index (χ0) is 44.0. The van der Waals surface area contributed by atoms with Crippen LogP contribution in [0.3, 0.4) is 0 Å². The van der Waals surface area contributed by atoms with Gasteiger partial charge in [0.25, 0.3) is 0 Å². The number of carbonyl (C=O) groups is 2. The number of nitrogens with one attached hydrogen (secondary N) is 3. The largest absolute Gasteiger partial charge is 0.481 e. The van der Waals surface area contributed by atoms with Crippen molar-refractivity contribution < 1.29 is 27.9 Å². The molecule has 6 N–H and O–H groups in total. The molecule has 0 saturated carbocycles. The minimum atomic E-state index is -2.74. The first-order valence-corrected chi connectivity index (χ1v) is 20.6. The third-order valence-electron chi connectivity index (χ3n) is 5.92. The summed E-state index contributed by atoms with van der Waals surface area (Å²) in [5.74, 6) is -0.181. The summed E-state index contributed by atoms with van der Waals surface area (Å²) in [6.07, 6.45) is 1.62. The summed E-state index contributed by atoms with van der Waals surface area (Å²) in [5.41, 5.74) is 6.24. The highest BCUT2D eigenvalue weighted by Gasteiger charge is 2.05. The number of amides is 1. The predicted molar refractivity (Wildman–Crippen MR) is 231 cm³/mol. The number of methoxy groups -OCH3 is 1. The Kier molecular flexibility index (Phi) is 59.6. The van der Waals surface area contributed by atoms with E-state index in [-0.39, 0.29) is 23.0 Å². The highest BCUT2D eigenvalue weighted by atomic mass is 32.2. The Bertz CT molecular complexity index is 843. The highest BCUT2D eigenvalue weighted by molar-refractivity contribution is 7.91. The summed E-state index contributed by atoms with van der Waals surface area (Å²) >= 11 is 0. The molecule has 0 fully saturated rings. The summed E-state index contributed by atoms with van der Waals surface area (Å²) in [7, 11) is 9.19. The Hall–Kier alpha value is -1.77. The van der Waals surface area contributed by atoms with Crippen LogP contribution in [0.1, 0.15) is 118 Å². The second-order valence-electron chi connectivity index (χ2n) is 14.9. The lowest BCUT2D eigenvalue weighted by Gasteiger charge is -2.15. The second kappa shape index (κ2) is 45.4. The smallest absolute Gasteiger partial charge is 0.305 e. The van der Waals surface area contributed by atoms with E-state index in [1.165, 1.54) is 6.26 Å². The molecule has 52 heavy (non-hydrogen) atoms. The van der Waals surface area contributed by atoms with E-state index in [9.17, 15) is 18.0 Å². The molecule has 0 bridgehead atoms. The summed E-state index contributed by atoms with van der Waals surface area (Å²) in [6.45, 7) is 39.7. The standard InChI is InChI=1S/C9H20N2.C6H13NO.C5H13N.C4H11N.C4H10O2S.C4H8O2.C4H10O.C3H9N/c1-8(2)9(3)10-6-7-11(4)5;1-4-7-6(8)5(2)3;1-5(2)6(3)4;1-4(2)5-3;1-4(2)7(3,5)6;1-3(2)4(5)6;1-4(2)5-3;1-3(2)4/h8,10H,3,6-7H2,1-2,4-5H3;5H,4H2,1-3H3,(H,7,8);5H,1-4H3;4-5H,1-3H3;4H,1-3H3;3H,1-2H3,(H,5,6);4H,1-3H3;3H,4H2,1-2H3. The molecule has 0 heterocycles. The molecule has 0 unspecified atom stereocenters. The molecule has 0 aliphatic rings. The minimum Gasteiger partial charge on any atom is -0.481 e. The molecule has 0 aromatic carbocycles. The van der Waals surface area contributed by atoms with Crippen LogP contribution in [0.25, 0.3) is 0 Å². The van der Waals surface area contributed by atoms with E-state index in [2.05, 4.69) is 102 Å². The molecule has 0 aliphatic heterocycles. The van der Waals surface area contributed by atoms with Crippen molar-refractivity contribution in [3.05, 3.63) is 12.3 Å². The average molecular weight is 775 g/mol. The van der Waals surface area contributed by atoms with Gasteiger partial charge in [-0.1, -0.05) is 75.8 Å². The number of carboxylic acids is 1. The van der Waals surface area contributed by atoms with Gasteiger partial charge in [0.05, 0.1) is 17.3 Å². The van der Waals surface area contributed by atoms with Crippen LogP contribution in [0, 0.1) is 17.8 Å². The normalized spacial score (nSPS) is 10.3. The van der Waals surface area contributed by atoms with Crippen molar-refractivity contribution in [2.45, 2.75) is 147 Å². The monoisotopic (exact) mass is 775 g/mol. The summed E-state index contributed by atoms with van der Waals surface area (Å²) in [4.78, 5) is 24.7. The summed E-state index contributed by atoms with van der Waals surface area (Å²) in [6, 6.07) is 1.65. The zero-order valence-electron chi connectivity index (χ0n) is 38.8. The molecule has 1 amide bonds. The van der Waals surface area contributed by atoms with Crippen LogP contribution in [0.15, 0.2) is 12.3 Å². The lowest BCUT2D eigenvalue weighted by atomic mass is 10.1. The number of nitrogens with two attached hydrogens (primary N) is 1. The van der Waals surface area contributed by atoms with Crippen molar-refractivity contribution in [2.24, 2.45) is 23.5 Å². The zero-order valence-corrected chi connectivity index (χ0v) is 39.6. The molecule has 0 rings (SSSR count). The average Bonchev–Trinajstić information content (AvgIpc) is 2.97. The third-order valence-corrected chi connectivity index (χ3v) is 7.63. The topological polar surface area (TPSA) is 166 Å². The lowest BCUT2D eigenvalue weighted by Crippen LogP contribution is -2.27. The Morgan fingerprint density at radius 2 is 1.08 bits per heavy atom. The van der Waals surface area contributed by atoms with E-state index in [0.29, 0.717) is 30.1 Å². The van der Waals surface area contributed by atoms with Crippen molar-refractivity contribution >= 4 is 21.7 Å². The van der Waals surface area contributed by atoms with Crippen LogP contribution < -0.4 is 21.7 Å². The van der Waals surface area contributed by atoms with E-state index in [1.807, 2.05) is 55.5 Å². The summed E-state index contributed by atoms with van der Waals surface area (Å²) < 4.78 is 25.4. The Morgan fingerprint density at radius 1 is 0.788 bits per heavy atom. The van der Waals surface area contributed by atoms with E-state index in [4.69, 9.17) is 15.6 Å². The number of likely N-dealkylation sites (N-methyl/N-ethyl adjacent to an activating group) is 1. The van der Waals surface area contributed by atoms with Gasteiger partial charge in [-0.25, -0.2) is 8.42 Å². The van der Waals surface area contributed by atoms with Gasteiger partial charge in [-0.15, -0.1) is 0 Å². The number of carboxylic acid groups (broad SMARTS) is 1. The Morgan fingerprint density at radius 3 is 1.17 bits per heavy atom. The molecular formula is C39H94N6O6S. The van der Waals surface area contributed by atoms with E-state index in [1.54, 1.807) is 34.8 Å². The van der Waals surface area contributed by atoms with Gasteiger partial charge in [0.2, 0.25) is 5.91 Å². The molecule has 13 heteroatoms. The quantitative estimate of drug-likeness (QED) is 0.153. The van der Waals surface area contributed by atoms with E-state index < -0.39 is 15.8 Å². The maximum Gasteiger partial charge on any atom is 0.305 e. The highest BCUT2D eigenvalue weighted by Crippen LogP contribution is 2.01. The number of ether oxygens (including phenoxy) is 1. The van der Waals surface area contributed by atoms with Crippen molar-refractivity contribution in [2.75, 3.05) is 68.2 Å². The third kappa shape index (κ3) is 97.4. The first-order chi connectivity index (χ1) is 23.2. The minimum absolute atomic E-state index is 0.120. The molecule has 0 aliphatic carbocycles. The van der Waals surface area contributed by atoms with Crippen LogP contribution in [0.4, 0.5) is 0 Å². The lowest BCUT2D eigenvalue weighted by molar-refractivity contribution is -0.140. The molecule has 322 valence electrons. The first kappa shape index (κ1) is 68.3. The van der Waals surface area contributed by atoms with Gasteiger partial charge < -0.3 is 41.3 Å². The first-order valence-electron chi connectivity index (χ1n) is 18.6. The van der Waals surface area contributed by atoms with Gasteiger partial charge in [-0.05, 0) is 95.7 Å². The van der Waals surface area contributed by atoms with Crippen molar-refractivity contribution in [3.8, 4) is 0 Å². The number of carbonyl (C=O) groups excluding carboxylic acids is 1. The molecule has 0 aromatic rings. The fraction of sp³-hybridized carbons (Fsp3) is 0.897. The van der Waals surface area contributed by atoms with Gasteiger partial charge in [0.1, 0.15) is 9.84 Å². The van der Waals surface area contributed by atoms with Gasteiger partial charge >= 0.3 is 5.97 Å². The maximum atomic E-state index is 10.6. The van der Waals surface area contributed by atoms with E-state index >= 15 is 0 Å². The number of aliphatic carboxylic acids is 1. The van der Waals surface area contributed by atoms with Crippen LogP contribution >= 0.6 is 0 Å². The molecule has 0 atom stereocenters. The van der Waals surface area contributed by atoms with Crippen molar-refractivity contribution in [1.82, 2.24) is 25.8 Å². The number of hydrogen-bond acceptors (Lipinski definition) is 10. The molecule has 0 aromatic heterocycles. The van der Waals surface area contributed by atoms with Crippen LogP contribution in [0.5, 0.6) is 0 Å². The number of sulfone groups is 1. The second-order valence-corrected chi connectivity index (χ2v) is 17.5. The number of hydrogen-bond donors (Lipinski definition) is 5. The Balaban J connectivity index is -0.0000000723. The number of rotatable bonds is 12. The maximum absolute atomic E-state index is 10.6. The van der Waals surface area contributed by atoms with Crippen LogP contribution in [-0.4, -0.2) is 133 Å². The Labute approximate surface area is 325 Å². The van der Waals surface area contributed by atoms with Gasteiger partial charge in [-0.2, -0.15) is 0 Å². The SMILES string of the molecule is C=C(NCCN(C)C)C(C)C.CC(C)C(=O)O.CC(C)N.CC(C)N(C)C.CC(C)S(C)(=O)=O.CCNC(=O)C(C)C.CNC(C)C.COC(C)C. The van der Waals surface area contributed by atoms with Gasteiger partial charge in [0.15, 0.2) is 0 Å². The molecule has 0 saturated heterocycles. The van der Waals surface area contributed by atoms with Gasteiger partial charge in [-0.3, -0.25) is 9.59 Å². The van der Waals surface area contributed by atoms with Crippen LogP contribution in [0.2, 0.25) is 0 Å². The predicted octanol–water partition coefficient (Wildman–Crippen LogP) is 6.22.